The number of carbonyl (C=O) groups excluding carboxylic acids is 1. The number of nitrogens with one attached hydrogen (secondary N) is 1. The fourth-order valence-electron chi connectivity index (χ4n) is 2.79. The van der Waals surface area contributed by atoms with Crippen molar-refractivity contribution in [3.63, 3.8) is 0 Å². The van der Waals surface area contributed by atoms with Gasteiger partial charge >= 0.3 is 5.97 Å². The lowest BCUT2D eigenvalue weighted by Crippen LogP contribution is -2.43. The molecule has 1 amide bonds. The molecule has 0 aromatic heterocycles. The van der Waals surface area contributed by atoms with Crippen molar-refractivity contribution in [3.05, 3.63) is 41.0 Å². The van der Waals surface area contributed by atoms with Crippen LogP contribution in [0.25, 0.3) is 6.08 Å². The van der Waals surface area contributed by atoms with Gasteiger partial charge in [-0.05, 0) is 56.0 Å². The highest BCUT2D eigenvalue weighted by atomic mass is 16.4. The number of hydrogen-bond donors (Lipinski definition) is 2. The van der Waals surface area contributed by atoms with Crippen molar-refractivity contribution in [2.75, 3.05) is 0 Å². The molecule has 112 valence electrons. The molecule has 0 atom stereocenters. The highest BCUT2D eigenvalue weighted by Crippen LogP contribution is 2.29. The fraction of sp³-hybridized carbons (Fsp3) is 0.412. The molecule has 1 aliphatic rings. The quantitative estimate of drug-likeness (QED) is 0.836. The van der Waals surface area contributed by atoms with E-state index in [1.807, 2.05) is 6.92 Å². The van der Waals surface area contributed by atoms with Crippen molar-refractivity contribution < 1.29 is 14.7 Å². The van der Waals surface area contributed by atoms with Crippen LogP contribution < -0.4 is 5.32 Å². The lowest BCUT2D eigenvalue weighted by molar-refractivity contribution is -0.131. The summed E-state index contributed by atoms with van der Waals surface area (Å²) in [4.78, 5) is 22.8. The molecule has 0 heterocycles. The van der Waals surface area contributed by atoms with Gasteiger partial charge in [0.1, 0.15) is 0 Å². The minimum atomic E-state index is -0.981. The maximum atomic E-state index is 12.3. The van der Waals surface area contributed by atoms with Gasteiger partial charge in [-0.15, -0.1) is 0 Å². The molecule has 2 rings (SSSR count). The van der Waals surface area contributed by atoms with E-state index in [2.05, 4.69) is 12.2 Å². The summed E-state index contributed by atoms with van der Waals surface area (Å²) < 4.78 is 0. The van der Waals surface area contributed by atoms with Gasteiger partial charge < -0.3 is 10.4 Å². The summed E-state index contributed by atoms with van der Waals surface area (Å²) in [7, 11) is 0. The highest BCUT2D eigenvalue weighted by Gasteiger charge is 2.30. The highest BCUT2D eigenvalue weighted by molar-refractivity contribution is 5.95. The van der Waals surface area contributed by atoms with E-state index in [0.717, 1.165) is 42.9 Å². The van der Waals surface area contributed by atoms with E-state index in [1.54, 1.807) is 18.2 Å². The summed E-state index contributed by atoms with van der Waals surface area (Å²) in [5.74, 6) is -1.04. The van der Waals surface area contributed by atoms with Gasteiger partial charge in [0.15, 0.2) is 0 Å². The number of rotatable bonds is 4. The Hall–Kier alpha value is -2.10. The molecule has 0 radical (unpaired) electrons. The first-order valence-corrected chi connectivity index (χ1v) is 7.24. The molecular weight excluding hydrogens is 266 g/mol. The van der Waals surface area contributed by atoms with E-state index < -0.39 is 5.97 Å². The van der Waals surface area contributed by atoms with Crippen molar-refractivity contribution >= 4 is 18.0 Å². The zero-order chi connectivity index (χ0) is 15.5. The number of carboxylic acid groups (broad SMARTS) is 1. The van der Waals surface area contributed by atoms with Crippen LogP contribution >= 0.6 is 0 Å². The molecule has 1 fully saturated rings. The van der Waals surface area contributed by atoms with Crippen LogP contribution in [0, 0.1) is 6.92 Å². The Labute approximate surface area is 124 Å². The van der Waals surface area contributed by atoms with Crippen LogP contribution in [0.15, 0.2) is 24.3 Å². The summed E-state index contributed by atoms with van der Waals surface area (Å²) in [5.41, 5.74) is 2.22. The third kappa shape index (κ3) is 3.94. The van der Waals surface area contributed by atoms with Crippen LogP contribution in [0.1, 0.15) is 54.1 Å². The topological polar surface area (TPSA) is 66.4 Å². The average Bonchev–Trinajstić information content (AvgIpc) is 2.83. The largest absolute Gasteiger partial charge is 0.478 e. The van der Waals surface area contributed by atoms with E-state index in [1.165, 1.54) is 6.08 Å². The molecule has 1 aliphatic carbocycles. The summed E-state index contributed by atoms with van der Waals surface area (Å²) in [5, 5.41) is 11.8. The van der Waals surface area contributed by atoms with E-state index in [4.69, 9.17) is 5.11 Å². The smallest absolute Gasteiger partial charge is 0.328 e. The summed E-state index contributed by atoms with van der Waals surface area (Å²) in [6.07, 6.45) is 7.01. The predicted octanol–water partition coefficient (Wildman–Crippen LogP) is 3.16. The maximum absolute atomic E-state index is 12.3. The maximum Gasteiger partial charge on any atom is 0.328 e. The molecule has 0 aliphatic heterocycles. The Kier molecular flexibility index (Phi) is 4.46. The Morgan fingerprint density at radius 2 is 1.95 bits per heavy atom. The normalized spacial score (nSPS) is 17.0. The Balaban J connectivity index is 2.12. The minimum Gasteiger partial charge on any atom is -0.478 e. The summed E-state index contributed by atoms with van der Waals surface area (Å²) >= 11 is 0. The van der Waals surface area contributed by atoms with E-state index in [9.17, 15) is 9.59 Å². The van der Waals surface area contributed by atoms with Gasteiger partial charge in [0.05, 0.1) is 0 Å². The number of aryl methyl sites for hydroxylation is 1. The predicted molar refractivity (Wildman–Crippen MR) is 82.2 cm³/mol. The third-order valence-electron chi connectivity index (χ3n) is 4.06. The van der Waals surface area contributed by atoms with Crippen molar-refractivity contribution in [2.45, 2.75) is 45.1 Å². The van der Waals surface area contributed by atoms with Gasteiger partial charge in [0.25, 0.3) is 5.91 Å². The number of hydrogen-bond acceptors (Lipinski definition) is 2. The van der Waals surface area contributed by atoms with Crippen LogP contribution in [0.4, 0.5) is 0 Å². The van der Waals surface area contributed by atoms with Gasteiger partial charge in [-0.25, -0.2) is 4.79 Å². The van der Waals surface area contributed by atoms with Crippen LogP contribution in [0.3, 0.4) is 0 Å². The number of carboxylic acids is 1. The molecule has 21 heavy (non-hydrogen) atoms. The van der Waals surface area contributed by atoms with E-state index in [-0.39, 0.29) is 11.4 Å². The lowest BCUT2D eigenvalue weighted by atomic mass is 9.99. The molecule has 0 bridgehead atoms. The number of aliphatic carboxylic acids is 1. The van der Waals surface area contributed by atoms with Crippen molar-refractivity contribution in [3.8, 4) is 0 Å². The first-order valence-electron chi connectivity index (χ1n) is 7.24. The van der Waals surface area contributed by atoms with Crippen LogP contribution in [0.2, 0.25) is 0 Å². The van der Waals surface area contributed by atoms with E-state index >= 15 is 0 Å². The summed E-state index contributed by atoms with van der Waals surface area (Å²) in [6.45, 7) is 3.96. The number of benzene rings is 1. The molecule has 0 spiro atoms. The third-order valence-corrected chi connectivity index (χ3v) is 4.06. The van der Waals surface area contributed by atoms with E-state index in [0.29, 0.717) is 5.56 Å². The monoisotopic (exact) mass is 287 g/mol. The first-order chi connectivity index (χ1) is 9.89. The zero-order valence-electron chi connectivity index (χ0n) is 12.5. The molecule has 1 saturated carbocycles. The second kappa shape index (κ2) is 6.12. The SMILES string of the molecule is Cc1cc(C(=O)NC2(C)CCCC2)ccc1/C=C/C(=O)O. The minimum absolute atomic E-state index is 0.0590. The average molecular weight is 287 g/mol. The molecular formula is C17H21NO3. The molecule has 1 aromatic rings. The Morgan fingerprint density at radius 3 is 2.52 bits per heavy atom. The Bertz CT molecular complexity index is 584. The molecule has 4 nitrogen and oxygen atoms in total. The molecule has 4 heteroatoms. The zero-order valence-corrected chi connectivity index (χ0v) is 12.5. The second-order valence-corrected chi connectivity index (χ2v) is 5.96. The number of amides is 1. The Morgan fingerprint density at radius 1 is 1.29 bits per heavy atom. The van der Waals surface area contributed by atoms with Gasteiger partial charge in [-0.1, -0.05) is 18.9 Å². The standard InChI is InChI=1S/C17H21NO3/c1-12-11-14(6-5-13(12)7-8-15(19)20)16(21)18-17(2)9-3-4-10-17/h5-8,11H,3-4,9-10H2,1-2H3,(H,18,21)(H,19,20)/b8-7+. The summed E-state index contributed by atoms with van der Waals surface area (Å²) in [6, 6.07) is 5.32. The van der Waals surface area contributed by atoms with Gasteiger partial charge in [0, 0.05) is 17.2 Å². The molecule has 0 saturated heterocycles. The molecule has 1 aromatic carbocycles. The molecule has 0 unspecified atom stereocenters. The van der Waals surface area contributed by atoms with Gasteiger partial charge in [-0.3, -0.25) is 4.79 Å². The van der Waals surface area contributed by atoms with Gasteiger partial charge in [0.2, 0.25) is 0 Å². The second-order valence-electron chi connectivity index (χ2n) is 5.96. The van der Waals surface area contributed by atoms with Crippen LogP contribution in [-0.2, 0) is 4.79 Å². The van der Waals surface area contributed by atoms with Crippen molar-refractivity contribution in [1.82, 2.24) is 5.32 Å². The fourth-order valence-corrected chi connectivity index (χ4v) is 2.79. The molecule has 2 N–H and O–H groups in total. The first kappa shape index (κ1) is 15.3. The lowest BCUT2D eigenvalue weighted by Gasteiger charge is -2.25. The van der Waals surface area contributed by atoms with Crippen LogP contribution in [0.5, 0.6) is 0 Å². The van der Waals surface area contributed by atoms with Crippen LogP contribution in [-0.4, -0.2) is 22.5 Å². The number of carbonyl (C=O) groups is 2. The van der Waals surface area contributed by atoms with Crippen molar-refractivity contribution in [1.29, 1.82) is 0 Å². The van der Waals surface area contributed by atoms with Gasteiger partial charge in [-0.2, -0.15) is 0 Å². The van der Waals surface area contributed by atoms with Crippen molar-refractivity contribution in [2.24, 2.45) is 0 Å².